The second-order valence-corrected chi connectivity index (χ2v) is 7.35. The van der Waals surface area contributed by atoms with Crippen LogP contribution < -0.4 is 20.1 Å². The van der Waals surface area contributed by atoms with Crippen LogP contribution in [0.3, 0.4) is 0 Å². The quantitative estimate of drug-likeness (QED) is 0.500. The van der Waals surface area contributed by atoms with Crippen molar-refractivity contribution in [3.63, 3.8) is 0 Å². The number of methoxy groups -OCH3 is 1. The van der Waals surface area contributed by atoms with Gasteiger partial charge in [0, 0.05) is 5.56 Å². The lowest BCUT2D eigenvalue weighted by Crippen LogP contribution is -2.46. The van der Waals surface area contributed by atoms with E-state index in [0.717, 1.165) is 4.90 Å². The van der Waals surface area contributed by atoms with E-state index in [9.17, 15) is 14.4 Å². The molecule has 2 aliphatic rings. The number of ketones is 1. The van der Waals surface area contributed by atoms with Crippen molar-refractivity contribution in [2.45, 2.75) is 6.04 Å². The summed E-state index contributed by atoms with van der Waals surface area (Å²) in [5, 5.41) is 1.57. The molecule has 0 aromatic heterocycles. The number of hydrogen-bond donors (Lipinski definition) is 1. The molecule has 2 amide bonds. The molecule has 32 heavy (non-hydrogen) atoms. The Labute approximate surface area is 184 Å². The average Bonchev–Trinajstić information content (AvgIpc) is 3.36. The topological polar surface area (TPSA) is 79.0 Å². The number of nitrogens with zero attached hydrogens (tertiary/aromatic N) is 2. The van der Waals surface area contributed by atoms with Crippen molar-refractivity contribution in [3.8, 4) is 5.75 Å². The van der Waals surface area contributed by atoms with Gasteiger partial charge in [0.15, 0.2) is 6.04 Å². The molecule has 2 heterocycles. The molecule has 1 atom stereocenters. The van der Waals surface area contributed by atoms with E-state index in [1.807, 2.05) is 36.4 Å². The first kappa shape index (κ1) is 19.6. The maximum Gasteiger partial charge on any atom is 0.266 e. The van der Waals surface area contributed by atoms with Crippen molar-refractivity contribution >= 4 is 29.0 Å². The van der Waals surface area contributed by atoms with Crippen molar-refractivity contribution in [3.05, 3.63) is 102 Å². The summed E-state index contributed by atoms with van der Waals surface area (Å²) < 4.78 is 5.37. The Morgan fingerprint density at radius 2 is 1.50 bits per heavy atom. The highest BCUT2D eigenvalue weighted by atomic mass is 16.5. The summed E-state index contributed by atoms with van der Waals surface area (Å²) in [5.41, 5.74) is 4.68. The number of rotatable bonds is 5. The molecule has 0 unspecified atom stereocenters. The molecule has 5 rings (SSSR count). The number of para-hydroxylation sites is 3. The predicted molar refractivity (Wildman–Crippen MR) is 119 cm³/mol. The molecule has 0 saturated carbocycles. The highest BCUT2D eigenvalue weighted by molar-refractivity contribution is 6.35. The van der Waals surface area contributed by atoms with Gasteiger partial charge in [-0.3, -0.25) is 24.8 Å². The third kappa shape index (κ3) is 2.94. The number of hydrazine groups is 1. The fraction of sp³-hybridized carbons (Fsp3) is 0.0800. The molecule has 3 aromatic carbocycles. The first-order valence-electron chi connectivity index (χ1n) is 10.1. The summed E-state index contributed by atoms with van der Waals surface area (Å²) >= 11 is 0. The number of hydrogen-bond acceptors (Lipinski definition) is 6. The minimum absolute atomic E-state index is 0.0980. The van der Waals surface area contributed by atoms with E-state index in [4.69, 9.17) is 4.74 Å². The molecule has 0 spiro atoms. The predicted octanol–water partition coefficient (Wildman–Crippen LogP) is 3.10. The minimum atomic E-state index is -0.975. The SMILES string of the molecule is COc1ccccc1N1C(=O)C2=C(C(=O)c3ccccc3)NN(c3ccccc3)[C@@H]2C1=O. The second-order valence-electron chi connectivity index (χ2n) is 7.35. The first-order valence-corrected chi connectivity index (χ1v) is 10.1. The first-order chi connectivity index (χ1) is 15.6. The van der Waals surface area contributed by atoms with Gasteiger partial charge in [0.1, 0.15) is 11.4 Å². The zero-order chi connectivity index (χ0) is 22.2. The number of carbonyl (C=O) groups is 3. The van der Waals surface area contributed by atoms with Gasteiger partial charge in [-0.15, -0.1) is 0 Å². The summed E-state index contributed by atoms with van der Waals surface area (Å²) in [6, 6.07) is 23.6. The Morgan fingerprint density at radius 3 is 2.19 bits per heavy atom. The van der Waals surface area contributed by atoms with Crippen LogP contribution >= 0.6 is 0 Å². The van der Waals surface area contributed by atoms with Crippen LogP contribution in [0.5, 0.6) is 5.75 Å². The molecule has 3 aromatic rings. The van der Waals surface area contributed by atoms with Crippen molar-refractivity contribution in [1.82, 2.24) is 5.43 Å². The van der Waals surface area contributed by atoms with Crippen LogP contribution in [-0.2, 0) is 9.59 Å². The molecule has 0 radical (unpaired) electrons. The molecule has 1 N–H and O–H groups in total. The number of ether oxygens (including phenoxy) is 1. The van der Waals surface area contributed by atoms with E-state index in [0.29, 0.717) is 22.7 Å². The normalized spacial score (nSPS) is 17.5. The average molecular weight is 425 g/mol. The van der Waals surface area contributed by atoms with Crippen LogP contribution in [0.4, 0.5) is 11.4 Å². The highest BCUT2D eigenvalue weighted by Gasteiger charge is 2.54. The van der Waals surface area contributed by atoms with Crippen LogP contribution in [0.1, 0.15) is 10.4 Å². The molecular weight excluding hydrogens is 406 g/mol. The van der Waals surface area contributed by atoms with Crippen molar-refractivity contribution in [2.75, 3.05) is 17.0 Å². The zero-order valence-electron chi connectivity index (χ0n) is 17.2. The largest absolute Gasteiger partial charge is 0.495 e. The maximum atomic E-state index is 13.6. The fourth-order valence-electron chi connectivity index (χ4n) is 4.06. The summed E-state index contributed by atoms with van der Waals surface area (Å²) in [6.07, 6.45) is 0. The van der Waals surface area contributed by atoms with Crippen molar-refractivity contribution < 1.29 is 19.1 Å². The van der Waals surface area contributed by atoms with Crippen molar-refractivity contribution in [1.29, 1.82) is 0 Å². The highest BCUT2D eigenvalue weighted by Crippen LogP contribution is 2.40. The van der Waals surface area contributed by atoms with Gasteiger partial charge in [-0.25, -0.2) is 4.90 Å². The van der Waals surface area contributed by atoms with Crippen molar-refractivity contribution in [2.24, 2.45) is 0 Å². The Bertz CT molecular complexity index is 1250. The smallest absolute Gasteiger partial charge is 0.266 e. The Kier molecular flexibility index (Phi) is 4.71. The number of amides is 2. The second kappa shape index (κ2) is 7.70. The number of anilines is 2. The molecule has 7 heteroatoms. The fourth-order valence-corrected chi connectivity index (χ4v) is 4.06. The van der Waals surface area contributed by atoms with E-state index < -0.39 is 17.9 Å². The van der Waals surface area contributed by atoms with Gasteiger partial charge in [-0.2, -0.15) is 0 Å². The van der Waals surface area contributed by atoms with Crippen LogP contribution in [0, 0.1) is 0 Å². The van der Waals surface area contributed by atoms with Gasteiger partial charge < -0.3 is 4.74 Å². The van der Waals surface area contributed by atoms with E-state index in [2.05, 4.69) is 5.43 Å². The summed E-state index contributed by atoms with van der Waals surface area (Å²) in [4.78, 5) is 41.6. The van der Waals surface area contributed by atoms with Gasteiger partial charge in [-0.1, -0.05) is 60.7 Å². The minimum Gasteiger partial charge on any atom is -0.495 e. The Hall–Kier alpha value is -4.39. The molecule has 158 valence electrons. The molecule has 2 aliphatic heterocycles. The summed E-state index contributed by atoms with van der Waals surface area (Å²) in [7, 11) is 1.48. The lowest BCUT2D eigenvalue weighted by Gasteiger charge is -2.26. The molecular formula is C25H19N3O4. The van der Waals surface area contributed by atoms with Crippen LogP contribution in [-0.4, -0.2) is 30.7 Å². The molecule has 0 aliphatic carbocycles. The van der Waals surface area contributed by atoms with E-state index >= 15 is 0 Å². The van der Waals surface area contributed by atoms with E-state index in [1.165, 1.54) is 7.11 Å². The number of benzene rings is 3. The Balaban J connectivity index is 1.66. The summed E-state index contributed by atoms with van der Waals surface area (Å²) in [6.45, 7) is 0. The summed E-state index contributed by atoms with van der Waals surface area (Å²) in [5.74, 6) is -0.964. The number of Topliss-reactive ketones (excluding diaryl/α,β-unsaturated/α-hetero) is 1. The van der Waals surface area contributed by atoms with Crippen LogP contribution in [0.25, 0.3) is 0 Å². The third-order valence-electron chi connectivity index (χ3n) is 5.54. The lowest BCUT2D eigenvalue weighted by molar-refractivity contribution is -0.121. The van der Waals surface area contributed by atoms with Crippen LogP contribution in [0.2, 0.25) is 0 Å². The molecule has 1 fully saturated rings. The van der Waals surface area contributed by atoms with Gasteiger partial charge in [-0.05, 0) is 24.3 Å². The molecule has 0 bridgehead atoms. The number of nitrogens with one attached hydrogen (secondary N) is 1. The standard InChI is InChI=1S/C25H19N3O4/c1-32-19-15-9-8-14-18(19)27-24(30)20-21(23(29)16-10-4-2-5-11-16)26-28(22(20)25(27)31)17-12-6-3-7-13-17/h2-15,22,26H,1H3/t22-/m0/s1. The number of allylic oxidation sites excluding steroid dienone is 1. The zero-order valence-corrected chi connectivity index (χ0v) is 17.2. The number of imide groups is 1. The monoisotopic (exact) mass is 425 g/mol. The maximum absolute atomic E-state index is 13.6. The van der Waals surface area contributed by atoms with E-state index in [-0.39, 0.29) is 17.1 Å². The number of carbonyl (C=O) groups excluding carboxylic acids is 3. The third-order valence-corrected chi connectivity index (χ3v) is 5.54. The lowest BCUT2D eigenvalue weighted by atomic mass is 10.0. The molecule has 1 saturated heterocycles. The molecule has 7 nitrogen and oxygen atoms in total. The van der Waals surface area contributed by atoms with Gasteiger partial charge in [0.05, 0.1) is 24.1 Å². The Morgan fingerprint density at radius 1 is 0.875 bits per heavy atom. The van der Waals surface area contributed by atoms with E-state index in [1.54, 1.807) is 53.5 Å². The van der Waals surface area contributed by atoms with Gasteiger partial charge in [0.25, 0.3) is 11.8 Å². The van der Waals surface area contributed by atoms with Gasteiger partial charge in [0.2, 0.25) is 5.78 Å². The van der Waals surface area contributed by atoms with Crippen LogP contribution in [0.15, 0.2) is 96.2 Å². The number of fused-ring (bicyclic) bond motifs is 1. The van der Waals surface area contributed by atoms with Gasteiger partial charge >= 0.3 is 0 Å².